The van der Waals surface area contributed by atoms with Crippen LogP contribution >= 0.6 is 0 Å². The Morgan fingerprint density at radius 3 is 2.19 bits per heavy atom. The summed E-state index contributed by atoms with van der Waals surface area (Å²) in [6.45, 7) is 1.17. The van der Waals surface area contributed by atoms with E-state index in [2.05, 4.69) is 5.32 Å². The molecule has 2 saturated heterocycles. The van der Waals surface area contributed by atoms with Gasteiger partial charge in [0.15, 0.2) is 0 Å². The highest BCUT2D eigenvalue weighted by molar-refractivity contribution is 5.94. The van der Waals surface area contributed by atoms with E-state index in [9.17, 15) is 29.4 Å². The van der Waals surface area contributed by atoms with Crippen LogP contribution < -0.4 is 16.8 Å². The molecule has 3 rings (SSSR count). The average molecular weight is 504 g/mol. The lowest BCUT2D eigenvalue weighted by molar-refractivity contribution is -0.150. The second-order valence-corrected chi connectivity index (χ2v) is 9.54. The van der Waals surface area contributed by atoms with E-state index in [4.69, 9.17) is 11.5 Å². The summed E-state index contributed by atoms with van der Waals surface area (Å²) in [5.41, 5.74) is 12.6. The Kier molecular flexibility index (Phi) is 9.65. The molecule has 2 aliphatic heterocycles. The number of carbonyl (C=O) groups is 4. The van der Waals surface area contributed by atoms with E-state index in [-0.39, 0.29) is 18.1 Å². The number of phenolic OH excluding ortho intramolecular Hbond substituents is 1. The lowest BCUT2D eigenvalue weighted by Crippen LogP contribution is -2.56. The number of hydrogen-bond acceptors (Lipinski definition) is 7. The summed E-state index contributed by atoms with van der Waals surface area (Å²) < 4.78 is 0. The molecule has 0 spiro atoms. The maximum atomic E-state index is 13.3. The van der Waals surface area contributed by atoms with Gasteiger partial charge in [0.2, 0.25) is 17.7 Å². The highest BCUT2D eigenvalue weighted by atomic mass is 16.4. The Hall–Kier alpha value is -3.18. The number of aliphatic carboxylic acids is 1. The molecule has 11 heteroatoms. The number of nitrogens with one attached hydrogen (secondary N) is 1. The summed E-state index contributed by atoms with van der Waals surface area (Å²) in [6, 6.07) is 3.05. The van der Waals surface area contributed by atoms with Gasteiger partial charge < -0.3 is 36.8 Å². The minimum atomic E-state index is -1.05. The standard InChI is InChI=1S/C25H37N5O6/c26-12-2-1-5-19(24(34)30-14-4-7-21(30)25(35)36)28-22(32)20-6-3-13-29(20)23(33)18(27)15-16-8-10-17(31)11-9-16/h8-11,18-21,31H,1-7,12-15,26-27H2,(H,28,32)(H,35,36). The predicted octanol–water partition coefficient (Wildman–Crippen LogP) is -0.0576. The van der Waals surface area contributed by atoms with Crippen molar-refractivity contribution in [2.75, 3.05) is 19.6 Å². The van der Waals surface area contributed by atoms with E-state index in [0.29, 0.717) is 64.6 Å². The zero-order chi connectivity index (χ0) is 26.2. The molecule has 11 nitrogen and oxygen atoms in total. The fraction of sp³-hybridized carbons (Fsp3) is 0.600. The number of unbranched alkanes of at least 4 members (excludes halogenated alkanes) is 1. The van der Waals surface area contributed by atoms with Crippen molar-refractivity contribution in [1.82, 2.24) is 15.1 Å². The summed E-state index contributed by atoms with van der Waals surface area (Å²) in [5, 5.41) is 21.7. The smallest absolute Gasteiger partial charge is 0.326 e. The number of aromatic hydroxyl groups is 1. The Balaban J connectivity index is 1.67. The summed E-state index contributed by atoms with van der Waals surface area (Å²) in [5.74, 6) is -2.13. The number of amides is 3. The Morgan fingerprint density at radius 2 is 1.58 bits per heavy atom. The first-order valence-corrected chi connectivity index (χ1v) is 12.6. The number of rotatable bonds is 11. The lowest BCUT2D eigenvalue weighted by atomic mass is 10.0. The van der Waals surface area contributed by atoms with Crippen LogP contribution in [0.25, 0.3) is 0 Å². The van der Waals surface area contributed by atoms with Gasteiger partial charge in [-0.1, -0.05) is 12.1 Å². The first kappa shape index (κ1) is 27.4. The van der Waals surface area contributed by atoms with Crippen molar-refractivity contribution in [2.24, 2.45) is 11.5 Å². The van der Waals surface area contributed by atoms with Crippen molar-refractivity contribution in [1.29, 1.82) is 0 Å². The largest absolute Gasteiger partial charge is 0.508 e. The van der Waals surface area contributed by atoms with Gasteiger partial charge in [-0.05, 0) is 75.6 Å². The van der Waals surface area contributed by atoms with Crippen LogP contribution in [-0.2, 0) is 25.6 Å². The number of phenols is 1. The number of hydrogen-bond donors (Lipinski definition) is 5. The fourth-order valence-electron chi connectivity index (χ4n) is 4.99. The number of carbonyl (C=O) groups excluding carboxylic acids is 3. The van der Waals surface area contributed by atoms with Gasteiger partial charge in [-0.25, -0.2) is 4.79 Å². The molecule has 1 aromatic carbocycles. The van der Waals surface area contributed by atoms with Crippen molar-refractivity contribution in [3.63, 3.8) is 0 Å². The van der Waals surface area contributed by atoms with Crippen molar-refractivity contribution in [2.45, 2.75) is 75.5 Å². The van der Waals surface area contributed by atoms with Gasteiger partial charge in [0.05, 0.1) is 6.04 Å². The van der Waals surface area contributed by atoms with Gasteiger partial charge >= 0.3 is 5.97 Å². The second kappa shape index (κ2) is 12.7. The van der Waals surface area contributed by atoms with Crippen LogP contribution in [0.2, 0.25) is 0 Å². The maximum absolute atomic E-state index is 13.3. The molecule has 0 aliphatic carbocycles. The molecule has 0 bridgehead atoms. The highest BCUT2D eigenvalue weighted by Crippen LogP contribution is 2.22. The fourth-order valence-corrected chi connectivity index (χ4v) is 4.99. The SMILES string of the molecule is NCCCCC(NC(=O)C1CCCN1C(=O)C(N)Cc1ccc(O)cc1)C(=O)N1CCCC1C(=O)O. The topological polar surface area (TPSA) is 179 Å². The van der Waals surface area contributed by atoms with Crippen LogP contribution in [0.15, 0.2) is 24.3 Å². The lowest BCUT2D eigenvalue weighted by Gasteiger charge is -2.30. The van der Waals surface area contributed by atoms with E-state index in [0.717, 1.165) is 5.56 Å². The van der Waals surface area contributed by atoms with Gasteiger partial charge in [0, 0.05) is 13.1 Å². The second-order valence-electron chi connectivity index (χ2n) is 9.54. The van der Waals surface area contributed by atoms with Crippen LogP contribution in [0.1, 0.15) is 50.5 Å². The van der Waals surface area contributed by atoms with Crippen LogP contribution in [0.3, 0.4) is 0 Å². The monoisotopic (exact) mass is 503 g/mol. The number of likely N-dealkylation sites (tertiary alicyclic amines) is 2. The van der Waals surface area contributed by atoms with E-state index < -0.39 is 42.0 Å². The molecule has 7 N–H and O–H groups in total. The van der Waals surface area contributed by atoms with E-state index in [1.165, 1.54) is 21.9 Å². The molecule has 4 unspecified atom stereocenters. The third-order valence-corrected chi connectivity index (χ3v) is 6.93. The molecule has 4 atom stereocenters. The molecule has 2 aliphatic rings. The number of nitrogens with two attached hydrogens (primary N) is 2. The van der Waals surface area contributed by atoms with Crippen molar-refractivity contribution in [3.05, 3.63) is 29.8 Å². The van der Waals surface area contributed by atoms with Gasteiger partial charge in [0.1, 0.15) is 23.9 Å². The quantitative estimate of drug-likeness (QED) is 0.261. The first-order valence-electron chi connectivity index (χ1n) is 12.6. The van der Waals surface area contributed by atoms with E-state index in [1.54, 1.807) is 12.1 Å². The van der Waals surface area contributed by atoms with E-state index in [1.807, 2.05) is 0 Å². The third kappa shape index (κ3) is 6.73. The summed E-state index contributed by atoms with van der Waals surface area (Å²) in [6.07, 6.45) is 3.93. The molecule has 0 radical (unpaired) electrons. The predicted molar refractivity (Wildman–Crippen MR) is 132 cm³/mol. The molecule has 198 valence electrons. The average Bonchev–Trinajstić information content (AvgIpc) is 3.54. The van der Waals surface area contributed by atoms with Crippen molar-refractivity contribution >= 4 is 23.7 Å². The van der Waals surface area contributed by atoms with Crippen LogP contribution in [0.5, 0.6) is 5.75 Å². The van der Waals surface area contributed by atoms with Gasteiger partial charge in [0.25, 0.3) is 0 Å². The molecular weight excluding hydrogens is 466 g/mol. The van der Waals surface area contributed by atoms with Gasteiger partial charge in [-0.3, -0.25) is 14.4 Å². The molecule has 2 heterocycles. The minimum absolute atomic E-state index is 0.120. The summed E-state index contributed by atoms with van der Waals surface area (Å²) in [4.78, 5) is 54.0. The van der Waals surface area contributed by atoms with Crippen LogP contribution in [-0.4, -0.2) is 87.5 Å². The number of benzene rings is 1. The van der Waals surface area contributed by atoms with Gasteiger partial charge in [-0.2, -0.15) is 0 Å². The third-order valence-electron chi connectivity index (χ3n) is 6.93. The molecular formula is C25H37N5O6. The molecule has 2 fully saturated rings. The molecule has 36 heavy (non-hydrogen) atoms. The Morgan fingerprint density at radius 1 is 0.972 bits per heavy atom. The highest BCUT2D eigenvalue weighted by Gasteiger charge is 2.40. The zero-order valence-corrected chi connectivity index (χ0v) is 20.5. The molecule has 1 aromatic rings. The van der Waals surface area contributed by atoms with Gasteiger partial charge in [-0.15, -0.1) is 0 Å². The van der Waals surface area contributed by atoms with Crippen LogP contribution in [0, 0.1) is 0 Å². The number of carboxylic acids is 1. The van der Waals surface area contributed by atoms with Crippen molar-refractivity contribution < 1.29 is 29.4 Å². The molecule has 3 amide bonds. The van der Waals surface area contributed by atoms with E-state index >= 15 is 0 Å². The summed E-state index contributed by atoms with van der Waals surface area (Å²) in [7, 11) is 0. The first-order chi connectivity index (χ1) is 17.2. The van der Waals surface area contributed by atoms with Crippen LogP contribution in [0.4, 0.5) is 0 Å². The summed E-state index contributed by atoms with van der Waals surface area (Å²) >= 11 is 0. The molecule has 0 aromatic heterocycles. The number of carboxylic acid groups (broad SMARTS) is 1. The maximum Gasteiger partial charge on any atom is 0.326 e. The van der Waals surface area contributed by atoms with Crippen molar-refractivity contribution in [3.8, 4) is 5.75 Å². The number of nitrogens with zero attached hydrogens (tertiary/aromatic N) is 2. The normalized spacial score (nSPS) is 21.3. The minimum Gasteiger partial charge on any atom is -0.508 e. The zero-order valence-electron chi connectivity index (χ0n) is 20.5. The molecule has 0 saturated carbocycles. The Bertz CT molecular complexity index is 939. The Labute approximate surface area is 210 Å².